The van der Waals surface area contributed by atoms with Crippen LogP contribution in [-0.4, -0.2) is 61.4 Å². The van der Waals surface area contributed by atoms with Gasteiger partial charge in [-0.2, -0.15) is 4.98 Å². The van der Waals surface area contributed by atoms with Gasteiger partial charge in [-0.1, -0.05) is 0 Å². The summed E-state index contributed by atoms with van der Waals surface area (Å²) in [5.74, 6) is 2.03. The van der Waals surface area contributed by atoms with Crippen molar-refractivity contribution in [1.29, 1.82) is 0 Å². The summed E-state index contributed by atoms with van der Waals surface area (Å²) in [6.07, 6.45) is 9.05. The van der Waals surface area contributed by atoms with Gasteiger partial charge in [0.15, 0.2) is 0 Å². The quantitative estimate of drug-likeness (QED) is 0.872. The summed E-state index contributed by atoms with van der Waals surface area (Å²) in [6, 6.07) is 2.75. The molecule has 0 spiro atoms. The van der Waals surface area contributed by atoms with E-state index in [1.807, 2.05) is 0 Å². The van der Waals surface area contributed by atoms with E-state index in [-0.39, 0.29) is 0 Å². The fraction of sp³-hybridized carbons (Fsp3) is 0.800. The Kier molecular flexibility index (Phi) is 5.90. The van der Waals surface area contributed by atoms with Crippen LogP contribution in [0.25, 0.3) is 0 Å². The molecule has 6 heteroatoms. The molecular weight excluding hydrogens is 326 g/mol. The van der Waals surface area contributed by atoms with E-state index in [1.165, 1.54) is 44.9 Å². The molecule has 0 aromatic carbocycles. The average molecular weight is 360 g/mol. The number of rotatable bonds is 5. The van der Waals surface area contributed by atoms with Crippen molar-refractivity contribution in [2.75, 3.05) is 49.1 Å². The Bertz CT molecular complexity index is 576. The number of hydrogen-bond acceptors (Lipinski definition) is 6. The highest BCUT2D eigenvalue weighted by atomic mass is 16.5. The van der Waals surface area contributed by atoms with E-state index in [4.69, 9.17) is 9.72 Å². The molecule has 0 bridgehead atoms. The summed E-state index contributed by atoms with van der Waals surface area (Å²) in [5.41, 5.74) is 1.08. The normalized spacial score (nSPS) is 25.0. The molecule has 1 aromatic heterocycles. The van der Waals surface area contributed by atoms with Crippen molar-refractivity contribution in [2.45, 2.75) is 64.0 Å². The second-order valence-electron chi connectivity index (χ2n) is 8.02. The molecule has 4 rings (SSSR count). The minimum atomic E-state index is 0.425. The van der Waals surface area contributed by atoms with Gasteiger partial charge in [0.05, 0.1) is 6.10 Å². The average Bonchev–Trinajstić information content (AvgIpc) is 3.22. The molecule has 144 valence electrons. The van der Waals surface area contributed by atoms with Crippen LogP contribution in [0.1, 0.15) is 50.6 Å². The van der Waals surface area contributed by atoms with Crippen LogP contribution in [0.5, 0.6) is 0 Å². The van der Waals surface area contributed by atoms with Gasteiger partial charge in [-0.15, -0.1) is 0 Å². The zero-order valence-electron chi connectivity index (χ0n) is 16.1. The smallest absolute Gasteiger partial charge is 0.227 e. The van der Waals surface area contributed by atoms with E-state index in [0.29, 0.717) is 12.1 Å². The lowest BCUT2D eigenvalue weighted by molar-refractivity contribution is 0.0149. The number of nitrogens with one attached hydrogen (secondary N) is 1. The Morgan fingerprint density at radius 3 is 2.54 bits per heavy atom. The lowest BCUT2D eigenvalue weighted by atomic mass is 10.0. The number of anilines is 2. The number of aryl methyl sites for hydroxylation is 1. The molecule has 26 heavy (non-hydrogen) atoms. The summed E-state index contributed by atoms with van der Waals surface area (Å²) >= 11 is 0. The molecule has 0 radical (unpaired) electrons. The second-order valence-corrected chi connectivity index (χ2v) is 8.02. The first-order chi connectivity index (χ1) is 12.8. The van der Waals surface area contributed by atoms with Crippen molar-refractivity contribution in [1.82, 2.24) is 15.3 Å². The highest BCUT2D eigenvalue weighted by Gasteiger charge is 2.23. The van der Waals surface area contributed by atoms with Crippen molar-refractivity contribution in [3.63, 3.8) is 0 Å². The van der Waals surface area contributed by atoms with Crippen LogP contribution in [0, 0.1) is 6.92 Å². The van der Waals surface area contributed by atoms with Gasteiger partial charge in [0, 0.05) is 57.1 Å². The minimum Gasteiger partial charge on any atom is -0.377 e. The molecule has 3 saturated heterocycles. The zero-order chi connectivity index (χ0) is 17.8. The van der Waals surface area contributed by atoms with E-state index in [2.05, 4.69) is 33.1 Å². The Labute approximate surface area is 157 Å². The molecule has 1 unspecified atom stereocenters. The van der Waals surface area contributed by atoms with E-state index < -0.39 is 0 Å². The van der Waals surface area contributed by atoms with Gasteiger partial charge in [0.1, 0.15) is 5.82 Å². The fourth-order valence-corrected chi connectivity index (χ4v) is 4.34. The van der Waals surface area contributed by atoms with Crippen molar-refractivity contribution in [3.05, 3.63) is 11.8 Å². The van der Waals surface area contributed by atoms with Crippen LogP contribution in [0.3, 0.4) is 0 Å². The van der Waals surface area contributed by atoms with Crippen LogP contribution in [0.2, 0.25) is 0 Å². The molecule has 0 amide bonds. The number of ether oxygens (including phenoxy) is 1. The van der Waals surface area contributed by atoms with Crippen molar-refractivity contribution < 1.29 is 4.74 Å². The SMILES string of the molecule is Cc1cc(N2CCC(NCC3CCCCO3)CC2)nc(N2CCCC2)n1. The van der Waals surface area contributed by atoms with Gasteiger partial charge in [-0.05, 0) is 51.9 Å². The Morgan fingerprint density at radius 2 is 1.81 bits per heavy atom. The first-order valence-electron chi connectivity index (χ1n) is 10.5. The Balaban J connectivity index is 1.30. The van der Waals surface area contributed by atoms with Crippen LogP contribution in [0.15, 0.2) is 6.07 Å². The largest absolute Gasteiger partial charge is 0.377 e. The van der Waals surface area contributed by atoms with Gasteiger partial charge < -0.3 is 19.9 Å². The van der Waals surface area contributed by atoms with Crippen molar-refractivity contribution in [2.24, 2.45) is 0 Å². The summed E-state index contributed by atoms with van der Waals surface area (Å²) < 4.78 is 5.84. The number of nitrogens with zero attached hydrogens (tertiary/aromatic N) is 4. The molecule has 0 aliphatic carbocycles. The number of aromatic nitrogens is 2. The standard InChI is InChI=1S/C20H33N5O/c1-16-14-19(23-20(22-16)25-9-3-4-10-25)24-11-7-17(8-12-24)21-15-18-6-2-5-13-26-18/h14,17-18,21H,2-13,15H2,1H3. The zero-order valence-corrected chi connectivity index (χ0v) is 16.1. The topological polar surface area (TPSA) is 53.5 Å². The van der Waals surface area contributed by atoms with Gasteiger partial charge in [0.2, 0.25) is 5.95 Å². The van der Waals surface area contributed by atoms with Gasteiger partial charge in [0.25, 0.3) is 0 Å². The fourth-order valence-electron chi connectivity index (χ4n) is 4.34. The van der Waals surface area contributed by atoms with Gasteiger partial charge in [-0.3, -0.25) is 0 Å². The predicted octanol–water partition coefficient (Wildman–Crippen LogP) is 2.51. The molecule has 4 heterocycles. The predicted molar refractivity (Wildman–Crippen MR) is 105 cm³/mol. The first-order valence-corrected chi connectivity index (χ1v) is 10.5. The van der Waals surface area contributed by atoms with Gasteiger partial charge in [-0.25, -0.2) is 4.98 Å². The van der Waals surface area contributed by atoms with Crippen LogP contribution in [-0.2, 0) is 4.74 Å². The monoisotopic (exact) mass is 359 g/mol. The minimum absolute atomic E-state index is 0.425. The first kappa shape index (κ1) is 18.0. The highest BCUT2D eigenvalue weighted by molar-refractivity contribution is 5.46. The number of hydrogen-bond donors (Lipinski definition) is 1. The van der Waals surface area contributed by atoms with Crippen molar-refractivity contribution in [3.8, 4) is 0 Å². The maximum Gasteiger partial charge on any atom is 0.227 e. The summed E-state index contributed by atoms with van der Waals surface area (Å²) in [6.45, 7) is 8.37. The molecule has 0 saturated carbocycles. The molecule has 3 aliphatic heterocycles. The molecular formula is C20H33N5O. The van der Waals surface area contributed by atoms with Crippen molar-refractivity contribution >= 4 is 11.8 Å². The third-order valence-electron chi connectivity index (χ3n) is 5.94. The van der Waals surface area contributed by atoms with Crippen LogP contribution in [0.4, 0.5) is 11.8 Å². The lowest BCUT2D eigenvalue weighted by Gasteiger charge is -2.34. The second kappa shape index (κ2) is 8.53. The van der Waals surface area contributed by atoms with Gasteiger partial charge >= 0.3 is 0 Å². The van der Waals surface area contributed by atoms with E-state index >= 15 is 0 Å². The molecule has 3 aliphatic rings. The Hall–Kier alpha value is -1.40. The summed E-state index contributed by atoms with van der Waals surface area (Å²) in [5, 5.41) is 3.74. The lowest BCUT2D eigenvalue weighted by Crippen LogP contribution is -2.45. The highest BCUT2D eigenvalue weighted by Crippen LogP contribution is 2.23. The van der Waals surface area contributed by atoms with E-state index in [1.54, 1.807) is 0 Å². The third-order valence-corrected chi connectivity index (χ3v) is 5.94. The maximum absolute atomic E-state index is 5.84. The molecule has 3 fully saturated rings. The maximum atomic E-state index is 5.84. The molecule has 1 aromatic rings. The summed E-state index contributed by atoms with van der Waals surface area (Å²) in [4.78, 5) is 14.3. The van der Waals surface area contributed by atoms with Crippen LogP contribution < -0.4 is 15.1 Å². The number of piperidine rings is 1. The summed E-state index contributed by atoms with van der Waals surface area (Å²) in [7, 11) is 0. The third kappa shape index (κ3) is 4.46. The van der Waals surface area contributed by atoms with E-state index in [9.17, 15) is 0 Å². The van der Waals surface area contributed by atoms with E-state index in [0.717, 1.165) is 56.8 Å². The molecule has 1 atom stereocenters. The Morgan fingerprint density at radius 1 is 1.00 bits per heavy atom. The molecule has 1 N–H and O–H groups in total. The van der Waals surface area contributed by atoms with Crippen LogP contribution >= 0.6 is 0 Å². The molecule has 6 nitrogen and oxygen atoms in total.